The number of benzene rings is 2. The molecule has 3 aromatic rings. The molecule has 0 aliphatic carbocycles. The van der Waals surface area contributed by atoms with Gasteiger partial charge in [0.1, 0.15) is 41.4 Å². The highest BCUT2D eigenvalue weighted by molar-refractivity contribution is 8.16. The highest BCUT2D eigenvalue weighted by Crippen LogP contribution is 2.33. The van der Waals surface area contributed by atoms with Crippen LogP contribution in [0.3, 0.4) is 0 Å². The van der Waals surface area contributed by atoms with Gasteiger partial charge < -0.3 is 20.1 Å². The van der Waals surface area contributed by atoms with Crippen LogP contribution in [0.1, 0.15) is 19.4 Å². The third kappa shape index (κ3) is 6.69. The summed E-state index contributed by atoms with van der Waals surface area (Å²) in [6, 6.07) is 11.3. The van der Waals surface area contributed by atoms with Crippen molar-refractivity contribution in [2.75, 3.05) is 18.5 Å². The maximum absolute atomic E-state index is 11.2. The highest BCUT2D eigenvalue weighted by atomic mass is 32.2. The second-order valence-electron chi connectivity index (χ2n) is 7.34. The fourth-order valence-electron chi connectivity index (χ4n) is 3.12. The largest absolute Gasteiger partial charge is 0.488 e. The maximum atomic E-state index is 11.2. The zero-order chi connectivity index (χ0) is 23.8. The monoisotopic (exact) mass is 465 g/mol. The number of carbonyl (C=O) groups excluding carboxylic acids is 1. The van der Waals surface area contributed by atoms with E-state index < -0.39 is 0 Å². The minimum Gasteiger partial charge on any atom is -0.488 e. The first kappa shape index (κ1) is 24.1. The normalized spacial score (nSPS) is 11.5. The Balaban J connectivity index is 1.81. The van der Waals surface area contributed by atoms with E-state index in [-0.39, 0.29) is 18.6 Å². The van der Waals surface area contributed by atoms with Gasteiger partial charge in [-0.1, -0.05) is 24.4 Å². The van der Waals surface area contributed by atoms with Gasteiger partial charge >= 0.3 is 0 Å². The predicted molar refractivity (Wildman–Crippen MR) is 134 cm³/mol. The van der Waals surface area contributed by atoms with Crippen LogP contribution in [0.4, 0.5) is 11.5 Å². The number of nitrogens with one attached hydrogen (secondary N) is 3. The third-order valence-electron chi connectivity index (χ3n) is 4.61. The lowest BCUT2D eigenvalue weighted by Gasteiger charge is -2.18. The van der Waals surface area contributed by atoms with Gasteiger partial charge in [-0.25, -0.2) is 9.97 Å². The Hall–Kier alpha value is -3.59. The van der Waals surface area contributed by atoms with Crippen molar-refractivity contribution >= 4 is 45.1 Å². The molecule has 0 saturated heterocycles. The standard InChI is InChI=1S/C24H27N5O3S/c1-5-33-22(25)13-31-20-10-9-18(11-15(20)2)29-24-23-19(27-14-28-24)7-6-8-21(23)32-16(3)12-26-17(4)30/h5-11,14,16,25H,1,12-13H2,2-4H3,(H,26,30)(H,27,28,29). The van der Waals surface area contributed by atoms with Crippen molar-refractivity contribution in [3.8, 4) is 11.5 Å². The minimum atomic E-state index is -0.232. The quantitative estimate of drug-likeness (QED) is 0.291. The van der Waals surface area contributed by atoms with E-state index in [2.05, 4.69) is 27.2 Å². The second kappa shape index (κ2) is 11.3. The minimum absolute atomic E-state index is 0.104. The number of nitrogens with zero attached hydrogens (tertiary/aromatic N) is 2. The number of aryl methyl sites for hydroxylation is 1. The summed E-state index contributed by atoms with van der Waals surface area (Å²) >= 11 is 1.24. The first-order chi connectivity index (χ1) is 15.9. The van der Waals surface area contributed by atoms with Crippen LogP contribution >= 0.6 is 11.8 Å². The van der Waals surface area contributed by atoms with Gasteiger partial charge in [-0.3, -0.25) is 10.2 Å². The lowest BCUT2D eigenvalue weighted by molar-refractivity contribution is -0.119. The van der Waals surface area contributed by atoms with E-state index in [1.807, 2.05) is 50.2 Å². The van der Waals surface area contributed by atoms with E-state index in [4.69, 9.17) is 14.9 Å². The molecule has 0 bridgehead atoms. The van der Waals surface area contributed by atoms with Crippen LogP contribution in [0.2, 0.25) is 0 Å². The van der Waals surface area contributed by atoms with E-state index >= 15 is 0 Å². The molecule has 0 spiro atoms. The Morgan fingerprint density at radius 3 is 2.82 bits per heavy atom. The predicted octanol–water partition coefficient (Wildman–Crippen LogP) is 4.82. The molecule has 1 unspecified atom stereocenters. The molecule has 0 aliphatic rings. The molecule has 0 aliphatic heterocycles. The average molecular weight is 466 g/mol. The van der Waals surface area contributed by atoms with Crippen LogP contribution in [-0.2, 0) is 4.79 Å². The van der Waals surface area contributed by atoms with Gasteiger partial charge in [-0.2, -0.15) is 0 Å². The summed E-state index contributed by atoms with van der Waals surface area (Å²) in [6.45, 7) is 9.50. The number of thioether (sulfide) groups is 1. The molecule has 1 amide bonds. The molecule has 2 aromatic carbocycles. The van der Waals surface area contributed by atoms with Crippen LogP contribution in [0.25, 0.3) is 10.9 Å². The van der Waals surface area contributed by atoms with Gasteiger partial charge in [0.15, 0.2) is 0 Å². The Bertz CT molecular complexity index is 1160. The zero-order valence-corrected chi connectivity index (χ0v) is 19.7. The summed E-state index contributed by atoms with van der Waals surface area (Å²) in [5.41, 5.74) is 2.50. The van der Waals surface area contributed by atoms with Crippen molar-refractivity contribution in [3.63, 3.8) is 0 Å². The van der Waals surface area contributed by atoms with Gasteiger partial charge in [0.25, 0.3) is 0 Å². The number of fused-ring (bicyclic) bond motifs is 1. The number of anilines is 2. The van der Waals surface area contributed by atoms with Gasteiger partial charge in [0.2, 0.25) is 5.91 Å². The van der Waals surface area contributed by atoms with E-state index in [1.165, 1.54) is 25.0 Å². The van der Waals surface area contributed by atoms with Crippen molar-refractivity contribution < 1.29 is 14.3 Å². The lowest BCUT2D eigenvalue weighted by atomic mass is 10.1. The topological polar surface area (TPSA) is 109 Å². The van der Waals surface area contributed by atoms with Crippen molar-refractivity contribution in [1.82, 2.24) is 15.3 Å². The second-order valence-corrected chi connectivity index (χ2v) is 8.40. The molecule has 172 valence electrons. The maximum Gasteiger partial charge on any atom is 0.217 e. The van der Waals surface area contributed by atoms with Gasteiger partial charge in [0, 0.05) is 12.6 Å². The number of aromatic nitrogens is 2. The fourth-order valence-corrected chi connectivity index (χ4v) is 3.45. The molecule has 0 saturated carbocycles. The van der Waals surface area contributed by atoms with E-state index in [1.54, 1.807) is 5.41 Å². The molecular formula is C24H27N5O3S. The summed E-state index contributed by atoms with van der Waals surface area (Å²) in [7, 11) is 0. The van der Waals surface area contributed by atoms with Crippen LogP contribution in [0, 0.1) is 12.3 Å². The summed E-state index contributed by atoms with van der Waals surface area (Å²) in [4.78, 5) is 20.0. The Morgan fingerprint density at radius 1 is 1.27 bits per heavy atom. The van der Waals surface area contributed by atoms with E-state index in [0.29, 0.717) is 28.9 Å². The summed E-state index contributed by atoms with van der Waals surface area (Å²) in [5.74, 6) is 1.84. The number of amides is 1. The number of ether oxygens (including phenoxy) is 2. The van der Waals surface area contributed by atoms with Crippen LogP contribution < -0.4 is 20.1 Å². The van der Waals surface area contributed by atoms with E-state index in [9.17, 15) is 4.79 Å². The van der Waals surface area contributed by atoms with Crippen LogP contribution in [0.15, 0.2) is 54.7 Å². The average Bonchev–Trinajstić information content (AvgIpc) is 2.77. The molecule has 1 aromatic heterocycles. The summed E-state index contributed by atoms with van der Waals surface area (Å²) in [5, 5.41) is 16.7. The molecule has 1 atom stereocenters. The molecule has 8 nitrogen and oxygen atoms in total. The van der Waals surface area contributed by atoms with Crippen molar-refractivity contribution in [2.24, 2.45) is 0 Å². The number of hydrogen-bond donors (Lipinski definition) is 3. The lowest BCUT2D eigenvalue weighted by Crippen LogP contribution is -2.32. The fraction of sp³-hybridized carbons (Fsp3) is 0.250. The summed E-state index contributed by atoms with van der Waals surface area (Å²) in [6.07, 6.45) is 1.27. The Labute approximate surface area is 197 Å². The Morgan fingerprint density at radius 2 is 2.09 bits per heavy atom. The summed E-state index contributed by atoms with van der Waals surface area (Å²) < 4.78 is 11.8. The third-order valence-corrected chi connectivity index (χ3v) is 5.18. The van der Waals surface area contributed by atoms with Gasteiger partial charge in [-0.15, -0.1) is 0 Å². The zero-order valence-electron chi connectivity index (χ0n) is 18.8. The van der Waals surface area contributed by atoms with Crippen LogP contribution in [-0.4, -0.2) is 40.2 Å². The number of hydrogen-bond acceptors (Lipinski definition) is 8. The first-order valence-corrected chi connectivity index (χ1v) is 11.3. The van der Waals surface area contributed by atoms with Crippen molar-refractivity contribution in [3.05, 3.63) is 60.3 Å². The van der Waals surface area contributed by atoms with Crippen molar-refractivity contribution in [1.29, 1.82) is 5.41 Å². The SMILES string of the molecule is C=CSC(=N)COc1ccc(Nc2ncnc3cccc(OC(C)CNC(C)=O)c23)cc1C. The van der Waals surface area contributed by atoms with E-state index in [0.717, 1.165) is 22.2 Å². The van der Waals surface area contributed by atoms with Crippen molar-refractivity contribution in [2.45, 2.75) is 26.9 Å². The first-order valence-electron chi connectivity index (χ1n) is 10.4. The van der Waals surface area contributed by atoms with Crippen LogP contribution in [0.5, 0.6) is 11.5 Å². The molecular weight excluding hydrogens is 438 g/mol. The highest BCUT2D eigenvalue weighted by Gasteiger charge is 2.14. The number of carbonyl (C=O) groups is 1. The molecule has 3 rings (SSSR count). The smallest absolute Gasteiger partial charge is 0.217 e. The molecule has 0 fully saturated rings. The number of rotatable bonds is 10. The molecule has 9 heteroatoms. The van der Waals surface area contributed by atoms with Gasteiger partial charge in [-0.05, 0) is 55.2 Å². The molecule has 0 radical (unpaired) electrons. The molecule has 1 heterocycles. The van der Waals surface area contributed by atoms with Gasteiger partial charge in [0.05, 0.1) is 17.4 Å². The molecule has 33 heavy (non-hydrogen) atoms. The Kier molecular flexibility index (Phi) is 8.26. The molecule has 3 N–H and O–H groups in total.